The first-order valence-electron chi connectivity index (χ1n) is 14.6. The minimum Gasteiger partial charge on any atom is -0.481 e. The molecule has 1 saturated carbocycles. The lowest BCUT2D eigenvalue weighted by molar-refractivity contribution is -0.142. The summed E-state index contributed by atoms with van der Waals surface area (Å²) in [6.45, 7) is 2.72. The van der Waals surface area contributed by atoms with Gasteiger partial charge in [-0.1, -0.05) is 24.1 Å². The van der Waals surface area contributed by atoms with Gasteiger partial charge in [-0.15, -0.1) is 11.3 Å². The van der Waals surface area contributed by atoms with Gasteiger partial charge in [-0.05, 0) is 31.1 Å². The van der Waals surface area contributed by atoms with Crippen molar-refractivity contribution in [2.45, 2.75) is 37.4 Å². The summed E-state index contributed by atoms with van der Waals surface area (Å²) in [6.07, 6.45) is 7.14. The molecule has 14 heteroatoms. The fraction of sp³-hybridized carbons (Fsp3) is 0.433. The molecule has 44 heavy (non-hydrogen) atoms. The molecule has 4 heterocycles. The van der Waals surface area contributed by atoms with E-state index in [9.17, 15) is 19.1 Å². The maximum absolute atomic E-state index is 14.1. The molecule has 0 unspecified atom stereocenters. The van der Waals surface area contributed by atoms with Crippen LogP contribution in [0.2, 0.25) is 5.02 Å². The van der Waals surface area contributed by atoms with Crippen LogP contribution in [0.25, 0.3) is 0 Å². The average molecular weight is 641 g/mol. The molecule has 3 fully saturated rings. The number of carboxylic acid groups (broad SMARTS) is 1. The smallest absolute Gasteiger partial charge is 0.320 e. The van der Waals surface area contributed by atoms with Crippen molar-refractivity contribution in [3.05, 3.63) is 74.2 Å². The maximum atomic E-state index is 14.1. The van der Waals surface area contributed by atoms with E-state index in [-0.39, 0.29) is 23.1 Å². The van der Waals surface area contributed by atoms with E-state index < -0.39 is 23.7 Å². The van der Waals surface area contributed by atoms with Crippen LogP contribution < -0.4 is 11.1 Å². The zero-order valence-electron chi connectivity index (χ0n) is 24.2. The molecule has 2 saturated heterocycles. The summed E-state index contributed by atoms with van der Waals surface area (Å²) < 4.78 is 14.1. The molecule has 2 aromatic rings. The summed E-state index contributed by atoms with van der Waals surface area (Å²) in [5.74, 6) is -1.24. The molecule has 2 amide bonds. The highest BCUT2D eigenvalue weighted by Gasteiger charge is 2.48. The van der Waals surface area contributed by atoms with Crippen molar-refractivity contribution < 1.29 is 19.1 Å². The van der Waals surface area contributed by atoms with Crippen molar-refractivity contribution in [3.63, 3.8) is 0 Å². The Labute approximate surface area is 263 Å². The van der Waals surface area contributed by atoms with Crippen molar-refractivity contribution in [1.29, 1.82) is 0 Å². The number of benzene rings is 1. The summed E-state index contributed by atoms with van der Waals surface area (Å²) in [7, 11) is 1.65. The van der Waals surface area contributed by atoms with Gasteiger partial charge in [0.2, 0.25) is 0 Å². The number of allylic oxidation sites excluding steroid dienone is 1. The number of piperazine rings is 1. The number of nitrogens with two attached hydrogens (primary N) is 1. The van der Waals surface area contributed by atoms with Crippen LogP contribution in [-0.2, 0) is 4.79 Å². The third-order valence-electron chi connectivity index (χ3n) is 8.78. The number of urea groups is 1. The molecule has 4 aliphatic rings. The third-order valence-corrected chi connectivity index (χ3v) is 9.88. The zero-order valence-corrected chi connectivity index (χ0v) is 25.8. The Hall–Kier alpha value is -3.81. The van der Waals surface area contributed by atoms with E-state index in [0.717, 1.165) is 12.1 Å². The predicted octanol–water partition coefficient (Wildman–Crippen LogP) is 3.50. The number of aliphatic carboxylic acids is 1. The lowest BCUT2D eigenvalue weighted by atomic mass is 9.92. The topological polar surface area (TPSA) is 140 Å². The van der Waals surface area contributed by atoms with Crippen molar-refractivity contribution >= 4 is 47.0 Å². The quantitative estimate of drug-likeness (QED) is 0.375. The van der Waals surface area contributed by atoms with Gasteiger partial charge in [-0.3, -0.25) is 19.7 Å². The number of fused-ring (bicyclic) bond motifs is 1. The standard InChI is InChI=1S/C30H34ClFN8O3S/c1-34-8-7-22(33)25-23(36-27(28-35-9-12-44-28)37-26(25)19-6-5-17(32)13-21(19)31)16-38-10-11-39-18(14-38)15-40(30(39)43)24-4-2-3-20(24)29(41)42/h5-9,12-13,18,20,24,26H,2-4,10-11,14-16,33H2,1H3,(H,36,37)(H,41,42)/t18-,20+,24+,26-/m0/s1. The SMILES string of the molecule is CN=CC=C(N)C1=C(CN2CCN3C(=O)N([C@@H]4CCC[C@H]4C(=O)O)C[C@@H]3C2)NC(c2nccs2)=N[C@H]1c1ccc(F)cc1Cl. The highest BCUT2D eigenvalue weighted by Crippen LogP contribution is 2.39. The molecule has 0 spiro atoms. The normalized spacial score (nSPS) is 26.4. The Morgan fingerprint density at radius 1 is 1.30 bits per heavy atom. The van der Waals surface area contributed by atoms with E-state index in [1.807, 2.05) is 10.3 Å². The molecule has 3 aliphatic heterocycles. The zero-order chi connectivity index (χ0) is 31.0. The van der Waals surface area contributed by atoms with Gasteiger partial charge in [-0.25, -0.2) is 14.2 Å². The van der Waals surface area contributed by atoms with Crippen molar-refractivity contribution in [2.75, 3.05) is 39.8 Å². The van der Waals surface area contributed by atoms with E-state index in [2.05, 4.69) is 20.2 Å². The molecular formula is C30H34ClFN8O3S. The molecular weight excluding hydrogens is 607 g/mol. The van der Waals surface area contributed by atoms with Gasteiger partial charge in [0.15, 0.2) is 10.8 Å². The number of carboxylic acids is 1. The van der Waals surface area contributed by atoms with Crippen molar-refractivity contribution in [1.82, 2.24) is 25.0 Å². The molecule has 232 valence electrons. The second-order valence-corrected chi connectivity index (χ2v) is 12.7. The van der Waals surface area contributed by atoms with E-state index in [1.165, 1.54) is 23.5 Å². The highest BCUT2D eigenvalue weighted by molar-refractivity contribution is 7.11. The second kappa shape index (κ2) is 12.7. The van der Waals surface area contributed by atoms with Crippen LogP contribution in [0.15, 0.2) is 62.8 Å². The van der Waals surface area contributed by atoms with Crippen LogP contribution in [0, 0.1) is 11.7 Å². The van der Waals surface area contributed by atoms with E-state index >= 15 is 0 Å². The largest absolute Gasteiger partial charge is 0.481 e. The van der Waals surface area contributed by atoms with Gasteiger partial charge >= 0.3 is 12.0 Å². The maximum Gasteiger partial charge on any atom is 0.320 e. The molecule has 1 aromatic carbocycles. The molecule has 4 atom stereocenters. The van der Waals surface area contributed by atoms with Crippen LogP contribution >= 0.6 is 22.9 Å². The number of thiazole rings is 1. The van der Waals surface area contributed by atoms with Crippen LogP contribution in [0.4, 0.5) is 9.18 Å². The van der Waals surface area contributed by atoms with Gasteiger partial charge in [-0.2, -0.15) is 0 Å². The Morgan fingerprint density at radius 3 is 2.86 bits per heavy atom. The van der Waals surface area contributed by atoms with E-state index in [4.69, 9.17) is 22.3 Å². The number of nitrogens with zero attached hydrogens (tertiary/aromatic N) is 6. The number of carbonyl (C=O) groups excluding carboxylic acids is 1. The Morgan fingerprint density at radius 2 is 2.14 bits per heavy atom. The number of rotatable bonds is 8. The van der Waals surface area contributed by atoms with Crippen LogP contribution in [0.1, 0.15) is 35.9 Å². The molecule has 0 bridgehead atoms. The molecule has 1 aromatic heterocycles. The Bertz CT molecular complexity index is 1560. The number of hydrogen-bond acceptors (Lipinski definition) is 9. The molecule has 11 nitrogen and oxygen atoms in total. The number of halogens is 2. The summed E-state index contributed by atoms with van der Waals surface area (Å²) in [5.41, 5.74) is 9.21. The Balaban J connectivity index is 1.32. The first kappa shape index (κ1) is 30.2. The van der Waals surface area contributed by atoms with Gasteiger partial charge in [0.1, 0.15) is 11.9 Å². The first-order valence-corrected chi connectivity index (χ1v) is 15.8. The summed E-state index contributed by atoms with van der Waals surface area (Å²) in [6, 6.07) is 3.21. The molecule has 0 radical (unpaired) electrons. The van der Waals surface area contributed by atoms with Gasteiger partial charge < -0.3 is 26.0 Å². The van der Waals surface area contributed by atoms with Crippen LogP contribution in [0.5, 0.6) is 0 Å². The average Bonchev–Trinajstić information content (AvgIpc) is 3.76. The number of hydrogen-bond donors (Lipinski definition) is 3. The highest BCUT2D eigenvalue weighted by atomic mass is 35.5. The minimum atomic E-state index is -0.832. The van der Waals surface area contributed by atoms with E-state index in [0.29, 0.717) is 73.2 Å². The third kappa shape index (κ3) is 5.83. The molecule has 4 N–H and O–H groups in total. The first-order chi connectivity index (χ1) is 21.2. The van der Waals surface area contributed by atoms with Gasteiger partial charge in [0.25, 0.3) is 0 Å². The number of carbonyl (C=O) groups is 2. The summed E-state index contributed by atoms with van der Waals surface area (Å²) >= 11 is 8.02. The lowest BCUT2D eigenvalue weighted by Crippen LogP contribution is -2.53. The number of amidine groups is 1. The van der Waals surface area contributed by atoms with Crippen molar-refractivity contribution in [3.8, 4) is 0 Å². The number of amides is 2. The van der Waals surface area contributed by atoms with E-state index in [1.54, 1.807) is 36.5 Å². The van der Waals surface area contributed by atoms with Crippen LogP contribution in [-0.4, -0.2) is 101 Å². The molecule has 6 rings (SSSR count). The number of nitrogens with one attached hydrogen (secondary N) is 1. The predicted molar refractivity (Wildman–Crippen MR) is 167 cm³/mol. The number of aromatic nitrogens is 1. The monoisotopic (exact) mass is 640 g/mol. The Kier molecular flexibility index (Phi) is 8.70. The van der Waals surface area contributed by atoms with Crippen molar-refractivity contribution in [2.24, 2.45) is 21.6 Å². The summed E-state index contributed by atoms with van der Waals surface area (Å²) in [5, 5.41) is 16.0. The van der Waals surface area contributed by atoms with Crippen LogP contribution in [0.3, 0.4) is 0 Å². The van der Waals surface area contributed by atoms with Gasteiger partial charge in [0, 0.05) is 91.2 Å². The fourth-order valence-electron chi connectivity index (χ4n) is 6.74. The minimum absolute atomic E-state index is 0.0616. The summed E-state index contributed by atoms with van der Waals surface area (Å²) in [4.78, 5) is 44.7. The molecule has 1 aliphatic carbocycles. The second-order valence-electron chi connectivity index (χ2n) is 11.4. The van der Waals surface area contributed by atoms with Gasteiger partial charge in [0.05, 0.1) is 12.0 Å². The number of aliphatic imine (C=N–C) groups is 2. The fourth-order valence-corrected chi connectivity index (χ4v) is 7.60. The lowest BCUT2D eigenvalue weighted by Gasteiger charge is -2.38.